The van der Waals surface area contributed by atoms with Gasteiger partial charge >= 0.3 is 6.01 Å². The lowest BCUT2D eigenvalue weighted by atomic mass is 10.3. The van der Waals surface area contributed by atoms with Crippen LogP contribution in [0.15, 0.2) is 53.4 Å². The number of anilines is 1. The molecule has 0 aliphatic rings. The monoisotopic (exact) mass is 417 g/mol. The Morgan fingerprint density at radius 3 is 2.21 bits per heavy atom. The Bertz CT molecular complexity index is 1100. The standard InChI is InChI=1S/C20H20FN3O4S/c1-4-27-15-9-11-16(12-10-15)29(25,26)24-19-13(2)22-20(23-14(19)3)28-18-8-6-5-7-17(18)21/h5-12,24H,4H2,1-3H3. The number of nitrogens with zero attached hydrogens (tertiary/aromatic N) is 2. The quantitative estimate of drug-likeness (QED) is 0.619. The molecule has 3 aromatic rings. The van der Waals surface area contributed by atoms with Crippen LogP contribution >= 0.6 is 0 Å². The van der Waals surface area contributed by atoms with E-state index in [0.717, 1.165) is 0 Å². The molecule has 0 fully saturated rings. The van der Waals surface area contributed by atoms with E-state index in [-0.39, 0.29) is 22.3 Å². The van der Waals surface area contributed by atoms with Crippen LogP contribution < -0.4 is 14.2 Å². The van der Waals surface area contributed by atoms with Crippen molar-refractivity contribution in [1.82, 2.24) is 9.97 Å². The van der Waals surface area contributed by atoms with Gasteiger partial charge in [0.25, 0.3) is 10.0 Å². The molecule has 0 saturated heterocycles. The predicted molar refractivity (Wildman–Crippen MR) is 106 cm³/mol. The molecule has 0 saturated carbocycles. The molecule has 29 heavy (non-hydrogen) atoms. The van der Waals surface area contributed by atoms with Crippen molar-refractivity contribution >= 4 is 15.7 Å². The van der Waals surface area contributed by atoms with E-state index >= 15 is 0 Å². The van der Waals surface area contributed by atoms with Crippen molar-refractivity contribution in [2.24, 2.45) is 0 Å². The van der Waals surface area contributed by atoms with E-state index < -0.39 is 15.8 Å². The number of hydrogen-bond donors (Lipinski definition) is 1. The summed E-state index contributed by atoms with van der Waals surface area (Å²) in [5, 5.41) is 0. The molecular formula is C20H20FN3O4S. The number of halogens is 1. The van der Waals surface area contributed by atoms with Crippen molar-refractivity contribution in [1.29, 1.82) is 0 Å². The normalized spacial score (nSPS) is 11.2. The van der Waals surface area contributed by atoms with Gasteiger partial charge in [-0.25, -0.2) is 12.8 Å². The number of aryl methyl sites for hydroxylation is 2. The maximum Gasteiger partial charge on any atom is 0.322 e. The number of hydrogen-bond acceptors (Lipinski definition) is 6. The van der Waals surface area contributed by atoms with Gasteiger partial charge in [-0.3, -0.25) is 4.72 Å². The van der Waals surface area contributed by atoms with Crippen LogP contribution in [-0.4, -0.2) is 25.0 Å². The summed E-state index contributed by atoms with van der Waals surface area (Å²) in [6.45, 7) is 5.55. The van der Waals surface area contributed by atoms with Gasteiger partial charge in [-0.05, 0) is 57.2 Å². The molecular weight excluding hydrogens is 397 g/mol. The minimum Gasteiger partial charge on any atom is -0.494 e. The third-order valence-electron chi connectivity index (χ3n) is 3.97. The van der Waals surface area contributed by atoms with Crippen LogP contribution in [0.2, 0.25) is 0 Å². The third kappa shape index (κ3) is 4.80. The molecule has 0 amide bonds. The van der Waals surface area contributed by atoms with E-state index in [1.165, 1.54) is 24.3 Å². The summed E-state index contributed by atoms with van der Waals surface area (Å²) in [5.41, 5.74) is 0.927. The molecule has 0 atom stereocenters. The first-order chi connectivity index (χ1) is 13.8. The van der Waals surface area contributed by atoms with Gasteiger partial charge in [0.1, 0.15) is 5.75 Å². The lowest BCUT2D eigenvalue weighted by Gasteiger charge is -2.14. The zero-order valence-electron chi connectivity index (χ0n) is 16.1. The van der Waals surface area contributed by atoms with Crippen LogP contribution in [0, 0.1) is 19.7 Å². The van der Waals surface area contributed by atoms with Gasteiger partial charge in [-0.15, -0.1) is 0 Å². The van der Waals surface area contributed by atoms with Crippen LogP contribution in [0.4, 0.5) is 10.1 Å². The van der Waals surface area contributed by atoms with Crippen LogP contribution in [0.5, 0.6) is 17.5 Å². The van der Waals surface area contributed by atoms with Gasteiger partial charge in [0.05, 0.1) is 28.6 Å². The second kappa shape index (κ2) is 8.44. The first kappa shape index (κ1) is 20.5. The molecule has 0 spiro atoms. The fourth-order valence-electron chi connectivity index (χ4n) is 2.58. The molecule has 9 heteroatoms. The summed E-state index contributed by atoms with van der Waals surface area (Å²) in [6, 6.07) is 11.9. The lowest BCUT2D eigenvalue weighted by molar-refractivity contribution is 0.340. The molecule has 0 aliphatic heterocycles. The van der Waals surface area contributed by atoms with Gasteiger partial charge in [0, 0.05) is 0 Å². The number of nitrogens with one attached hydrogen (secondary N) is 1. The lowest BCUT2D eigenvalue weighted by Crippen LogP contribution is -2.16. The minimum atomic E-state index is -3.85. The molecule has 3 rings (SSSR count). The SMILES string of the molecule is CCOc1ccc(S(=O)(=O)Nc2c(C)nc(Oc3ccccc3F)nc2C)cc1. The van der Waals surface area contributed by atoms with E-state index in [1.807, 2.05) is 6.92 Å². The van der Waals surface area contributed by atoms with Crippen molar-refractivity contribution in [2.45, 2.75) is 25.7 Å². The maximum atomic E-state index is 13.8. The van der Waals surface area contributed by atoms with Crippen LogP contribution in [0.3, 0.4) is 0 Å². The number of sulfonamides is 1. The molecule has 2 aromatic carbocycles. The average molecular weight is 417 g/mol. The Morgan fingerprint density at radius 2 is 1.62 bits per heavy atom. The molecule has 152 valence electrons. The average Bonchev–Trinajstić information content (AvgIpc) is 2.67. The second-order valence-corrected chi connectivity index (χ2v) is 7.78. The molecule has 0 unspecified atom stereocenters. The van der Waals surface area contributed by atoms with Crippen LogP contribution in [-0.2, 0) is 10.0 Å². The summed E-state index contributed by atoms with van der Waals surface area (Å²) in [7, 11) is -3.85. The molecule has 1 N–H and O–H groups in total. The topological polar surface area (TPSA) is 90.4 Å². The molecule has 0 bridgehead atoms. The smallest absolute Gasteiger partial charge is 0.322 e. The van der Waals surface area contributed by atoms with Gasteiger partial charge < -0.3 is 9.47 Å². The van der Waals surface area contributed by atoms with Gasteiger partial charge in [-0.2, -0.15) is 9.97 Å². The second-order valence-electron chi connectivity index (χ2n) is 6.09. The maximum absolute atomic E-state index is 13.8. The summed E-state index contributed by atoms with van der Waals surface area (Å²) in [5.74, 6) is 0.0116. The highest BCUT2D eigenvalue weighted by Crippen LogP contribution is 2.27. The molecule has 7 nitrogen and oxygen atoms in total. The number of aromatic nitrogens is 2. The summed E-state index contributed by atoms with van der Waals surface area (Å²) < 4.78 is 52.4. The fraction of sp³-hybridized carbons (Fsp3) is 0.200. The molecule has 1 aromatic heterocycles. The van der Waals surface area contributed by atoms with E-state index in [0.29, 0.717) is 23.7 Å². The number of para-hydroxylation sites is 1. The summed E-state index contributed by atoms with van der Waals surface area (Å²) in [6.07, 6.45) is 0. The fourth-order valence-corrected chi connectivity index (χ4v) is 3.76. The van der Waals surface area contributed by atoms with Crippen LogP contribution in [0.25, 0.3) is 0 Å². The molecule has 0 aliphatic carbocycles. The Labute approximate surface area is 168 Å². The summed E-state index contributed by atoms with van der Waals surface area (Å²) in [4.78, 5) is 8.35. The van der Waals surface area contributed by atoms with Gasteiger partial charge in [0.15, 0.2) is 11.6 Å². The highest BCUT2D eigenvalue weighted by atomic mass is 32.2. The van der Waals surface area contributed by atoms with Gasteiger partial charge in [-0.1, -0.05) is 12.1 Å². The van der Waals surface area contributed by atoms with E-state index in [4.69, 9.17) is 9.47 Å². The Morgan fingerprint density at radius 1 is 1.00 bits per heavy atom. The third-order valence-corrected chi connectivity index (χ3v) is 5.34. The Balaban J connectivity index is 1.84. The highest BCUT2D eigenvalue weighted by Gasteiger charge is 2.19. The largest absolute Gasteiger partial charge is 0.494 e. The van der Waals surface area contributed by atoms with E-state index in [1.54, 1.807) is 38.1 Å². The summed E-state index contributed by atoms with van der Waals surface area (Å²) >= 11 is 0. The zero-order chi connectivity index (χ0) is 21.0. The minimum absolute atomic E-state index is 0.0194. The first-order valence-corrected chi connectivity index (χ1v) is 10.3. The van der Waals surface area contributed by atoms with Crippen LogP contribution in [0.1, 0.15) is 18.3 Å². The highest BCUT2D eigenvalue weighted by molar-refractivity contribution is 7.92. The first-order valence-electron chi connectivity index (χ1n) is 8.83. The van der Waals surface area contributed by atoms with Crippen molar-refractivity contribution in [3.63, 3.8) is 0 Å². The van der Waals surface area contributed by atoms with E-state index in [2.05, 4.69) is 14.7 Å². The van der Waals surface area contributed by atoms with Crippen molar-refractivity contribution < 1.29 is 22.3 Å². The van der Waals surface area contributed by atoms with E-state index in [9.17, 15) is 12.8 Å². The number of rotatable bonds is 7. The predicted octanol–water partition coefficient (Wildman–Crippen LogP) is 4.22. The Hall–Kier alpha value is -3.20. The number of benzene rings is 2. The molecule has 0 radical (unpaired) electrons. The number of ether oxygens (including phenoxy) is 2. The zero-order valence-corrected chi connectivity index (χ0v) is 17.0. The van der Waals surface area contributed by atoms with Crippen molar-refractivity contribution in [3.05, 3.63) is 65.7 Å². The molecule has 1 heterocycles. The van der Waals surface area contributed by atoms with Gasteiger partial charge in [0.2, 0.25) is 0 Å². The van der Waals surface area contributed by atoms with Crippen molar-refractivity contribution in [2.75, 3.05) is 11.3 Å². The van der Waals surface area contributed by atoms with Crippen molar-refractivity contribution in [3.8, 4) is 17.5 Å². The Kier molecular flexibility index (Phi) is 5.97.